The van der Waals surface area contributed by atoms with E-state index in [2.05, 4.69) is 33.5 Å². The van der Waals surface area contributed by atoms with Gasteiger partial charge in [0.25, 0.3) is 0 Å². The molecule has 138 valence electrons. The van der Waals surface area contributed by atoms with E-state index in [0.717, 1.165) is 36.5 Å². The lowest BCUT2D eigenvalue weighted by molar-refractivity contribution is 0.328. The van der Waals surface area contributed by atoms with Gasteiger partial charge in [-0.25, -0.2) is 0 Å². The summed E-state index contributed by atoms with van der Waals surface area (Å²) in [6, 6.07) is 17.3. The number of hydrogen-bond donors (Lipinski definition) is 2. The first-order valence-corrected chi connectivity index (χ1v) is 8.84. The van der Waals surface area contributed by atoms with E-state index >= 15 is 0 Å². The predicted octanol–water partition coefficient (Wildman–Crippen LogP) is 3.39. The van der Waals surface area contributed by atoms with Crippen LogP contribution in [-0.2, 0) is 6.54 Å². The minimum Gasteiger partial charge on any atom is -0.456 e. The molecule has 6 heteroatoms. The van der Waals surface area contributed by atoms with Gasteiger partial charge in [-0.3, -0.25) is 5.10 Å². The third-order valence-electron chi connectivity index (χ3n) is 4.25. The van der Waals surface area contributed by atoms with Gasteiger partial charge in [-0.2, -0.15) is 10.4 Å². The number of para-hydroxylation sites is 1. The lowest BCUT2D eigenvalue weighted by Crippen LogP contribution is -2.26. The van der Waals surface area contributed by atoms with E-state index in [1.165, 1.54) is 0 Å². The highest BCUT2D eigenvalue weighted by atomic mass is 16.5. The van der Waals surface area contributed by atoms with Crippen LogP contribution in [0, 0.1) is 11.3 Å². The molecule has 0 amide bonds. The van der Waals surface area contributed by atoms with Gasteiger partial charge in [0.15, 0.2) is 0 Å². The van der Waals surface area contributed by atoms with Crippen molar-refractivity contribution in [3.05, 3.63) is 65.9 Å². The molecule has 1 heterocycles. The number of ether oxygens (including phenoxy) is 1. The number of aromatic nitrogens is 2. The summed E-state index contributed by atoms with van der Waals surface area (Å²) in [7, 11) is 4.02. The Hall–Kier alpha value is -3.14. The van der Waals surface area contributed by atoms with Crippen LogP contribution in [-0.4, -0.2) is 42.3 Å². The highest BCUT2D eigenvalue weighted by Gasteiger charge is 2.13. The number of H-pyrrole nitrogens is 1. The number of nitrogens with zero attached hydrogens (tertiary/aromatic N) is 3. The normalized spacial score (nSPS) is 10.7. The van der Waals surface area contributed by atoms with Crippen molar-refractivity contribution in [2.75, 3.05) is 27.2 Å². The summed E-state index contributed by atoms with van der Waals surface area (Å²) in [4.78, 5) is 2.23. The van der Waals surface area contributed by atoms with Crippen molar-refractivity contribution in [1.82, 2.24) is 20.4 Å². The molecule has 0 unspecified atom stereocenters. The van der Waals surface area contributed by atoms with Gasteiger partial charge < -0.3 is 15.0 Å². The standard InChI is InChI=1S/C21H23N5O/c1-23-10-11-26(2)15-18-14-24-25-21(18)16-8-9-20(17(12-16)13-22)27-19-6-4-3-5-7-19/h3-9,12,14,23H,10-11,15H2,1-2H3,(H,24,25). The number of rotatable bonds is 8. The lowest BCUT2D eigenvalue weighted by Gasteiger charge is -2.16. The first-order chi connectivity index (χ1) is 13.2. The highest BCUT2D eigenvalue weighted by molar-refractivity contribution is 5.67. The molecule has 0 atom stereocenters. The van der Waals surface area contributed by atoms with Crippen LogP contribution >= 0.6 is 0 Å². The van der Waals surface area contributed by atoms with Crippen molar-refractivity contribution in [1.29, 1.82) is 5.26 Å². The minimum absolute atomic E-state index is 0.480. The topological polar surface area (TPSA) is 77.0 Å². The Morgan fingerprint density at radius 2 is 2.04 bits per heavy atom. The third-order valence-corrected chi connectivity index (χ3v) is 4.25. The van der Waals surface area contributed by atoms with Crippen LogP contribution in [0.4, 0.5) is 0 Å². The second-order valence-electron chi connectivity index (χ2n) is 6.34. The molecule has 2 aromatic carbocycles. The smallest absolute Gasteiger partial charge is 0.145 e. The number of nitriles is 1. The maximum Gasteiger partial charge on any atom is 0.145 e. The van der Waals surface area contributed by atoms with E-state index in [0.29, 0.717) is 17.1 Å². The molecule has 0 aliphatic heterocycles. The van der Waals surface area contributed by atoms with Gasteiger partial charge in [0, 0.05) is 37.0 Å². The average Bonchev–Trinajstić information content (AvgIpc) is 3.15. The molecule has 0 aliphatic carbocycles. The van der Waals surface area contributed by atoms with Crippen LogP contribution in [0.5, 0.6) is 11.5 Å². The van der Waals surface area contributed by atoms with E-state index in [9.17, 15) is 5.26 Å². The minimum atomic E-state index is 0.480. The number of likely N-dealkylation sites (N-methyl/N-ethyl adjacent to an activating group) is 2. The maximum absolute atomic E-state index is 9.56. The Balaban J connectivity index is 1.82. The largest absolute Gasteiger partial charge is 0.456 e. The first-order valence-electron chi connectivity index (χ1n) is 8.84. The van der Waals surface area contributed by atoms with Gasteiger partial charge in [0.05, 0.1) is 11.3 Å². The van der Waals surface area contributed by atoms with Gasteiger partial charge in [-0.05, 0) is 44.4 Å². The molecular formula is C21H23N5O. The monoisotopic (exact) mass is 361 g/mol. The third kappa shape index (κ3) is 4.73. The number of hydrogen-bond acceptors (Lipinski definition) is 5. The zero-order valence-corrected chi connectivity index (χ0v) is 15.6. The van der Waals surface area contributed by atoms with Crippen LogP contribution in [0.3, 0.4) is 0 Å². The Bertz CT molecular complexity index is 914. The molecule has 0 saturated heterocycles. The van der Waals surface area contributed by atoms with Crippen molar-refractivity contribution in [2.24, 2.45) is 0 Å². The van der Waals surface area contributed by atoms with Crippen LogP contribution in [0.1, 0.15) is 11.1 Å². The maximum atomic E-state index is 9.56. The molecule has 0 spiro atoms. The van der Waals surface area contributed by atoms with Crippen LogP contribution < -0.4 is 10.1 Å². The van der Waals surface area contributed by atoms with Crippen molar-refractivity contribution in [3.8, 4) is 28.8 Å². The van der Waals surface area contributed by atoms with E-state index in [-0.39, 0.29) is 0 Å². The SMILES string of the molecule is CNCCN(C)Cc1c[nH]nc1-c1ccc(Oc2ccccc2)c(C#N)c1. The second kappa shape index (κ2) is 8.99. The molecule has 0 aliphatic rings. The van der Waals surface area contributed by atoms with Gasteiger partial charge >= 0.3 is 0 Å². The number of aromatic amines is 1. The molecule has 2 N–H and O–H groups in total. The lowest BCUT2D eigenvalue weighted by atomic mass is 10.0. The van der Waals surface area contributed by atoms with E-state index in [4.69, 9.17) is 4.74 Å². The summed E-state index contributed by atoms with van der Waals surface area (Å²) in [5.41, 5.74) is 3.32. The molecule has 6 nitrogen and oxygen atoms in total. The summed E-state index contributed by atoms with van der Waals surface area (Å²) in [6.07, 6.45) is 1.91. The van der Waals surface area contributed by atoms with E-state index < -0.39 is 0 Å². The summed E-state index contributed by atoms with van der Waals surface area (Å²) in [5, 5.41) is 20.0. The Morgan fingerprint density at radius 3 is 2.78 bits per heavy atom. The summed E-state index contributed by atoms with van der Waals surface area (Å²) in [5.74, 6) is 1.24. The first kappa shape index (κ1) is 18.6. The molecule has 3 rings (SSSR count). The Kier molecular flexibility index (Phi) is 6.21. The molecule has 0 bridgehead atoms. The summed E-state index contributed by atoms with van der Waals surface area (Å²) < 4.78 is 5.85. The molecule has 0 radical (unpaired) electrons. The molecule has 3 aromatic rings. The fraction of sp³-hybridized carbons (Fsp3) is 0.238. The van der Waals surface area contributed by atoms with E-state index in [1.54, 1.807) is 0 Å². The summed E-state index contributed by atoms with van der Waals surface area (Å²) >= 11 is 0. The molecule has 0 fully saturated rings. The molecule has 0 saturated carbocycles. The zero-order valence-electron chi connectivity index (χ0n) is 15.6. The van der Waals surface area contributed by atoms with Gasteiger partial charge in [-0.15, -0.1) is 0 Å². The van der Waals surface area contributed by atoms with Gasteiger partial charge in [0.2, 0.25) is 0 Å². The van der Waals surface area contributed by atoms with Crippen LogP contribution in [0.25, 0.3) is 11.3 Å². The molecule has 27 heavy (non-hydrogen) atoms. The van der Waals surface area contributed by atoms with Gasteiger partial charge in [0.1, 0.15) is 17.6 Å². The van der Waals surface area contributed by atoms with Crippen LogP contribution in [0.15, 0.2) is 54.7 Å². The quantitative estimate of drug-likeness (QED) is 0.643. The second-order valence-corrected chi connectivity index (χ2v) is 6.34. The van der Waals surface area contributed by atoms with Crippen molar-refractivity contribution in [2.45, 2.75) is 6.54 Å². The summed E-state index contributed by atoms with van der Waals surface area (Å²) in [6.45, 7) is 2.64. The Morgan fingerprint density at radius 1 is 1.22 bits per heavy atom. The van der Waals surface area contributed by atoms with Crippen molar-refractivity contribution in [3.63, 3.8) is 0 Å². The molecule has 1 aromatic heterocycles. The van der Waals surface area contributed by atoms with Crippen molar-refractivity contribution < 1.29 is 4.74 Å². The van der Waals surface area contributed by atoms with Gasteiger partial charge in [-0.1, -0.05) is 18.2 Å². The predicted molar refractivity (Wildman–Crippen MR) is 106 cm³/mol. The van der Waals surface area contributed by atoms with Crippen LogP contribution in [0.2, 0.25) is 0 Å². The fourth-order valence-electron chi connectivity index (χ4n) is 2.83. The van der Waals surface area contributed by atoms with E-state index in [1.807, 2.05) is 61.8 Å². The zero-order chi connectivity index (χ0) is 19.1. The number of benzene rings is 2. The highest BCUT2D eigenvalue weighted by Crippen LogP contribution is 2.30. The molecular weight excluding hydrogens is 338 g/mol. The average molecular weight is 361 g/mol. The fourth-order valence-corrected chi connectivity index (χ4v) is 2.83. The number of nitrogens with one attached hydrogen (secondary N) is 2. The Labute approximate surface area is 159 Å². The van der Waals surface area contributed by atoms with Crippen molar-refractivity contribution >= 4 is 0 Å².